The van der Waals surface area contributed by atoms with Crippen molar-refractivity contribution in [3.8, 4) is 0 Å². The van der Waals surface area contributed by atoms with Gasteiger partial charge in [-0.3, -0.25) is 0 Å². The number of nitrogens with zero attached hydrogens (tertiary/aromatic N) is 2. The largest absolute Gasteiger partial charge is 0.386 e. The van der Waals surface area contributed by atoms with E-state index in [1.807, 2.05) is 25.1 Å². The molecule has 0 fully saturated rings. The molecule has 1 aromatic carbocycles. The predicted molar refractivity (Wildman–Crippen MR) is 68.1 cm³/mol. The lowest BCUT2D eigenvalue weighted by atomic mass is 9.94. The summed E-state index contributed by atoms with van der Waals surface area (Å²) in [6.07, 6.45) is 0.754. The number of benzene rings is 1. The fourth-order valence-corrected chi connectivity index (χ4v) is 1.94. The molecule has 0 radical (unpaired) electrons. The van der Waals surface area contributed by atoms with Gasteiger partial charge in [0, 0.05) is 17.4 Å². The number of rotatable bonds is 1. The SMILES string of the molecule is Cc1ccc(C2=NN=C(N)CC2C)cc1Cl. The zero-order chi connectivity index (χ0) is 11.7. The minimum atomic E-state index is 0.288. The summed E-state index contributed by atoms with van der Waals surface area (Å²) in [6, 6.07) is 5.95. The quantitative estimate of drug-likeness (QED) is 0.800. The predicted octanol–water partition coefficient (Wildman–Crippen LogP) is 2.75. The van der Waals surface area contributed by atoms with Gasteiger partial charge in [-0.15, -0.1) is 5.10 Å². The van der Waals surface area contributed by atoms with E-state index < -0.39 is 0 Å². The van der Waals surface area contributed by atoms with Crippen molar-refractivity contribution in [2.45, 2.75) is 20.3 Å². The van der Waals surface area contributed by atoms with Crippen molar-refractivity contribution < 1.29 is 0 Å². The van der Waals surface area contributed by atoms with E-state index in [0.29, 0.717) is 5.84 Å². The van der Waals surface area contributed by atoms with Gasteiger partial charge < -0.3 is 5.73 Å². The molecule has 0 spiro atoms. The molecule has 0 saturated heterocycles. The van der Waals surface area contributed by atoms with Gasteiger partial charge in [0.15, 0.2) is 0 Å². The maximum Gasteiger partial charge on any atom is 0.123 e. The van der Waals surface area contributed by atoms with Crippen LogP contribution in [0.5, 0.6) is 0 Å². The van der Waals surface area contributed by atoms with Crippen molar-refractivity contribution in [1.82, 2.24) is 0 Å². The first kappa shape index (κ1) is 11.1. The number of halogens is 1. The minimum Gasteiger partial charge on any atom is -0.386 e. The van der Waals surface area contributed by atoms with Crippen molar-refractivity contribution >= 4 is 23.1 Å². The van der Waals surface area contributed by atoms with Gasteiger partial charge in [-0.1, -0.05) is 30.7 Å². The number of hydrogen-bond acceptors (Lipinski definition) is 3. The molecule has 0 aliphatic carbocycles. The Morgan fingerprint density at radius 1 is 1.38 bits per heavy atom. The molecule has 0 saturated carbocycles. The molecule has 0 bridgehead atoms. The average molecular weight is 236 g/mol. The Balaban J connectivity index is 2.41. The van der Waals surface area contributed by atoms with E-state index in [1.165, 1.54) is 0 Å². The molecule has 1 heterocycles. The smallest absolute Gasteiger partial charge is 0.123 e. The Labute approximate surface area is 100 Å². The molecule has 1 unspecified atom stereocenters. The summed E-state index contributed by atoms with van der Waals surface area (Å²) < 4.78 is 0. The maximum absolute atomic E-state index is 6.09. The van der Waals surface area contributed by atoms with E-state index in [9.17, 15) is 0 Å². The minimum absolute atomic E-state index is 0.288. The molecule has 1 atom stereocenters. The maximum atomic E-state index is 6.09. The van der Waals surface area contributed by atoms with Gasteiger partial charge in [0.2, 0.25) is 0 Å². The Bertz CT molecular complexity index is 477. The van der Waals surface area contributed by atoms with E-state index in [2.05, 4.69) is 17.1 Å². The molecule has 1 aromatic rings. The highest BCUT2D eigenvalue weighted by molar-refractivity contribution is 6.31. The van der Waals surface area contributed by atoms with Gasteiger partial charge in [0.25, 0.3) is 0 Å². The highest BCUT2D eigenvalue weighted by atomic mass is 35.5. The second kappa shape index (κ2) is 4.26. The van der Waals surface area contributed by atoms with Crippen molar-refractivity contribution in [2.75, 3.05) is 0 Å². The van der Waals surface area contributed by atoms with Crippen LogP contribution in [-0.2, 0) is 0 Å². The molecule has 84 valence electrons. The second-order valence-corrected chi connectivity index (χ2v) is 4.55. The normalized spacial score (nSPS) is 20.3. The lowest BCUT2D eigenvalue weighted by Crippen LogP contribution is -2.25. The topological polar surface area (TPSA) is 50.7 Å². The highest BCUT2D eigenvalue weighted by Gasteiger charge is 2.18. The number of amidine groups is 1. The van der Waals surface area contributed by atoms with E-state index in [1.54, 1.807) is 0 Å². The van der Waals surface area contributed by atoms with Gasteiger partial charge in [-0.2, -0.15) is 5.10 Å². The fourth-order valence-electron chi connectivity index (χ4n) is 1.76. The van der Waals surface area contributed by atoms with Gasteiger partial charge in [-0.25, -0.2) is 0 Å². The van der Waals surface area contributed by atoms with Crippen LogP contribution >= 0.6 is 11.6 Å². The lowest BCUT2D eigenvalue weighted by molar-refractivity contribution is 0.783. The van der Waals surface area contributed by atoms with Crippen LogP contribution in [-0.4, -0.2) is 11.5 Å². The zero-order valence-corrected chi connectivity index (χ0v) is 10.1. The molecule has 4 heteroatoms. The monoisotopic (exact) mass is 235 g/mol. The molecule has 2 rings (SSSR count). The van der Waals surface area contributed by atoms with Gasteiger partial charge in [0.05, 0.1) is 5.71 Å². The lowest BCUT2D eigenvalue weighted by Gasteiger charge is -2.17. The Kier molecular flexibility index (Phi) is 2.97. The van der Waals surface area contributed by atoms with Crippen LogP contribution in [0.4, 0.5) is 0 Å². The summed E-state index contributed by atoms with van der Waals surface area (Å²) in [7, 11) is 0. The third-order valence-electron chi connectivity index (χ3n) is 2.74. The summed E-state index contributed by atoms with van der Waals surface area (Å²) >= 11 is 6.09. The van der Waals surface area contributed by atoms with E-state index >= 15 is 0 Å². The summed E-state index contributed by atoms with van der Waals surface area (Å²) in [5.41, 5.74) is 8.69. The molecule has 16 heavy (non-hydrogen) atoms. The van der Waals surface area contributed by atoms with E-state index in [4.69, 9.17) is 17.3 Å². The Morgan fingerprint density at radius 3 is 2.75 bits per heavy atom. The highest BCUT2D eigenvalue weighted by Crippen LogP contribution is 2.22. The summed E-state index contributed by atoms with van der Waals surface area (Å²) in [6.45, 7) is 4.07. The fraction of sp³-hybridized carbons (Fsp3) is 0.333. The first-order chi connectivity index (χ1) is 7.58. The molecule has 2 N–H and O–H groups in total. The van der Waals surface area contributed by atoms with Crippen LogP contribution < -0.4 is 5.73 Å². The van der Waals surface area contributed by atoms with Gasteiger partial charge in [0.1, 0.15) is 5.84 Å². The number of aryl methyl sites for hydroxylation is 1. The third kappa shape index (κ3) is 2.09. The summed E-state index contributed by atoms with van der Waals surface area (Å²) in [4.78, 5) is 0. The van der Waals surface area contributed by atoms with Crippen molar-refractivity contribution in [3.05, 3.63) is 34.3 Å². The van der Waals surface area contributed by atoms with Crippen LogP contribution in [0.15, 0.2) is 28.4 Å². The molecular formula is C12H14ClN3. The number of nitrogens with two attached hydrogens (primary N) is 1. The molecule has 1 aliphatic rings. The molecular weight excluding hydrogens is 222 g/mol. The van der Waals surface area contributed by atoms with Crippen LogP contribution in [0, 0.1) is 12.8 Å². The third-order valence-corrected chi connectivity index (χ3v) is 3.14. The molecule has 0 aromatic heterocycles. The Hall–Kier alpha value is -1.35. The molecule has 0 amide bonds. The van der Waals surface area contributed by atoms with Gasteiger partial charge >= 0.3 is 0 Å². The van der Waals surface area contributed by atoms with Crippen LogP contribution in [0.1, 0.15) is 24.5 Å². The summed E-state index contributed by atoms with van der Waals surface area (Å²) in [5, 5.41) is 8.84. The van der Waals surface area contributed by atoms with E-state index in [-0.39, 0.29) is 5.92 Å². The van der Waals surface area contributed by atoms with Crippen LogP contribution in [0.25, 0.3) is 0 Å². The van der Waals surface area contributed by atoms with E-state index in [0.717, 1.165) is 28.3 Å². The van der Waals surface area contributed by atoms with Crippen molar-refractivity contribution in [2.24, 2.45) is 21.9 Å². The number of hydrogen-bond donors (Lipinski definition) is 1. The standard InChI is InChI=1S/C12H14ClN3/c1-7-3-4-9(6-10(7)13)12-8(2)5-11(14)15-16-12/h3-4,6,8H,5H2,1-2H3,(H2,14,15). The summed E-state index contributed by atoms with van der Waals surface area (Å²) in [5.74, 6) is 0.880. The van der Waals surface area contributed by atoms with Gasteiger partial charge in [-0.05, 0) is 24.1 Å². The molecule has 1 aliphatic heterocycles. The second-order valence-electron chi connectivity index (χ2n) is 4.15. The average Bonchev–Trinajstić information content (AvgIpc) is 2.22. The van der Waals surface area contributed by atoms with Crippen LogP contribution in [0.2, 0.25) is 5.02 Å². The zero-order valence-electron chi connectivity index (χ0n) is 9.37. The Morgan fingerprint density at radius 2 is 2.12 bits per heavy atom. The van der Waals surface area contributed by atoms with Crippen molar-refractivity contribution in [3.63, 3.8) is 0 Å². The first-order valence-corrected chi connectivity index (χ1v) is 5.62. The van der Waals surface area contributed by atoms with Crippen molar-refractivity contribution in [1.29, 1.82) is 0 Å². The van der Waals surface area contributed by atoms with Crippen LogP contribution in [0.3, 0.4) is 0 Å². The first-order valence-electron chi connectivity index (χ1n) is 5.24. The molecule has 3 nitrogen and oxygen atoms in total.